The fourth-order valence-electron chi connectivity index (χ4n) is 3.84. The molecule has 148 valence electrons. The van der Waals surface area contributed by atoms with Crippen molar-refractivity contribution in [1.29, 1.82) is 0 Å². The molecule has 0 aliphatic heterocycles. The van der Waals surface area contributed by atoms with Gasteiger partial charge in [0.1, 0.15) is 5.65 Å². The molecule has 5 rings (SSSR count). The van der Waals surface area contributed by atoms with Crippen molar-refractivity contribution in [3.8, 4) is 10.4 Å². The third-order valence-corrected chi connectivity index (χ3v) is 6.86. The third-order valence-electron chi connectivity index (χ3n) is 5.19. The standard InChI is InChI=1S/C24H17ClN2OS2/c1-15-5-4-6-16(13-15)14-26-22-21(17-9-11-18(25)12-10-17)30-24(29)27(22)20-8-3-2-7-19(20)23(26)28/h2-13H,14H2,1H3. The van der Waals surface area contributed by atoms with Gasteiger partial charge in [-0.25, -0.2) is 0 Å². The Bertz CT molecular complexity index is 1530. The number of nitrogens with zero attached hydrogens (tertiary/aromatic N) is 2. The van der Waals surface area contributed by atoms with Gasteiger partial charge in [0.15, 0.2) is 3.95 Å². The quantitative estimate of drug-likeness (QED) is 0.286. The van der Waals surface area contributed by atoms with E-state index in [0.717, 1.165) is 32.7 Å². The van der Waals surface area contributed by atoms with Crippen LogP contribution in [0.4, 0.5) is 0 Å². The van der Waals surface area contributed by atoms with Crippen LogP contribution in [0.5, 0.6) is 0 Å². The number of fused-ring (bicyclic) bond motifs is 3. The van der Waals surface area contributed by atoms with Gasteiger partial charge in [-0.15, -0.1) is 11.3 Å². The molecule has 0 aliphatic carbocycles. The first kappa shape index (κ1) is 19.2. The molecule has 0 atom stereocenters. The van der Waals surface area contributed by atoms with Crippen molar-refractivity contribution >= 4 is 51.7 Å². The van der Waals surface area contributed by atoms with E-state index in [1.54, 1.807) is 0 Å². The number of thiazole rings is 1. The van der Waals surface area contributed by atoms with Gasteiger partial charge in [-0.2, -0.15) is 0 Å². The van der Waals surface area contributed by atoms with Gasteiger partial charge in [-0.3, -0.25) is 13.8 Å². The lowest BCUT2D eigenvalue weighted by Crippen LogP contribution is -2.23. The van der Waals surface area contributed by atoms with Crippen molar-refractivity contribution in [2.75, 3.05) is 0 Å². The molecule has 0 radical (unpaired) electrons. The number of benzene rings is 3. The Morgan fingerprint density at radius 1 is 1.00 bits per heavy atom. The van der Waals surface area contributed by atoms with E-state index < -0.39 is 0 Å². The van der Waals surface area contributed by atoms with Crippen LogP contribution in [0.1, 0.15) is 11.1 Å². The number of hydrogen-bond donors (Lipinski definition) is 0. The number of aryl methyl sites for hydroxylation is 1. The highest BCUT2D eigenvalue weighted by Crippen LogP contribution is 2.34. The second-order valence-corrected chi connectivity index (χ2v) is 9.34. The van der Waals surface area contributed by atoms with Crippen LogP contribution < -0.4 is 5.56 Å². The van der Waals surface area contributed by atoms with Gasteiger partial charge in [0.25, 0.3) is 5.56 Å². The van der Waals surface area contributed by atoms with Crippen molar-refractivity contribution in [2.45, 2.75) is 13.5 Å². The van der Waals surface area contributed by atoms with Crippen molar-refractivity contribution in [3.63, 3.8) is 0 Å². The molecule has 0 N–H and O–H groups in total. The molecule has 3 aromatic carbocycles. The Balaban J connectivity index is 1.90. The molecule has 2 aromatic heterocycles. The molecule has 0 saturated heterocycles. The van der Waals surface area contributed by atoms with Gasteiger partial charge < -0.3 is 0 Å². The lowest BCUT2D eigenvalue weighted by Gasteiger charge is -2.14. The van der Waals surface area contributed by atoms with E-state index in [0.29, 0.717) is 20.9 Å². The van der Waals surface area contributed by atoms with Crippen LogP contribution in [0.2, 0.25) is 5.02 Å². The summed E-state index contributed by atoms with van der Waals surface area (Å²) in [7, 11) is 0. The predicted molar refractivity (Wildman–Crippen MR) is 129 cm³/mol. The number of para-hydroxylation sites is 1. The summed E-state index contributed by atoms with van der Waals surface area (Å²) in [5.41, 5.74) is 4.86. The number of halogens is 1. The second-order valence-electron chi connectivity index (χ2n) is 7.26. The summed E-state index contributed by atoms with van der Waals surface area (Å²) >= 11 is 13.4. The first-order chi connectivity index (χ1) is 14.5. The molecular formula is C24H17ClN2OS2. The molecule has 0 saturated carbocycles. The minimum absolute atomic E-state index is 0.0184. The molecule has 30 heavy (non-hydrogen) atoms. The largest absolute Gasteiger partial charge is 0.288 e. The maximum absolute atomic E-state index is 13.6. The van der Waals surface area contributed by atoms with Gasteiger partial charge in [0.2, 0.25) is 0 Å². The van der Waals surface area contributed by atoms with Crippen LogP contribution in [-0.2, 0) is 6.54 Å². The third kappa shape index (κ3) is 3.19. The van der Waals surface area contributed by atoms with E-state index in [-0.39, 0.29) is 5.56 Å². The summed E-state index contributed by atoms with van der Waals surface area (Å²) in [6.45, 7) is 2.53. The van der Waals surface area contributed by atoms with Gasteiger partial charge >= 0.3 is 0 Å². The van der Waals surface area contributed by atoms with Crippen LogP contribution in [0.25, 0.3) is 27.0 Å². The summed E-state index contributed by atoms with van der Waals surface area (Å²) in [6, 6.07) is 23.6. The zero-order valence-corrected chi connectivity index (χ0v) is 18.5. The van der Waals surface area contributed by atoms with E-state index in [9.17, 15) is 4.79 Å². The van der Waals surface area contributed by atoms with Crippen molar-refractivity contribution in [3.05, 3.63) is 103 Å². The average molecular weight is 449 g/mol. The van der Waals surface area contributed by atoms with Gasteiger partial charge in [-0.05, 0) is 54.5 Å². The van der Waals surface area contributed by atoms with E-state index in [2.05, 4.69) is 19.1 Å². The Hall–Kier alpha value is -2.73. The van der Waals surface area contributed by atoms with Crippen molar-refractivity contribution in [2.24, 2.45) is 0 Å². The van der Waals surface area contributed by atoms with Gasteiger partial charge in [0.05, 0.1) is 22.3 Å². The Morgan fingerprint density at radius 3 is 2.53 bits per heavy atom. The van der Waals surface area contributed by atoms with E-state index in [1.807, 2.05) is 69.6 Å². The minimum atomic E-state index is -0.0184. The molecule has 3 nitrogen and oxygen atoms in total. The molecule has 0 spiro atoms. The Morgan fingerprint density at radius 2 is 1.77 bits per heavy atom. The van der Waals surface area contributed by atoms with Crippen molar-refractivity contribution < 1.29 is 0 Å². The normalized spacial score (nSPS) is 11.4. The van der Waals surface area contributed by atoms with Gasteiger partial charge in [-0.1, -0.05) is 65.7 Å². The lowest BCUT2D eigenvalue weighted by molar-refractivity contribution is 0.780. The first-order valence-electron chi connectivity index (χ1n) is 9.51. The van der Waals surface area contributed by atoms with Crippen LogP contribution in [0.3, 0.4) is 0 Å². The average Bonchev–Trinajstić information content (AvgIpc) is 3.09. The first-order valence-corrected chi connectivity index (χ1v) is 11.1. The fraction of sp³-hybridized carbons (Fsp3) is 0.0833. The lowest BCUT2D eigenvalue weighted by atomic mass is 10.1. The maximum atomic E-state index is 13.6. The highest BCUT2D eigenvalue weighted by molar-refractivity contribution is 7.73. The summed E-state index contributed by atoms with van der Waals surface area (Å²) in [6.07, 6.45) is 0. The highest BCUT2D eigenvalue weighted by Gasteiger charge is 2.18. The Kier molecular flexibility index (Phi) is 4.82. The molecule has 5 aromatic rings. The fourth-order valence-corrected chi connectivity index (χ4v) is 5.40. The number of aromatic nitrogens is 2. The molecule has 6 heteroatoms. The van der Waals surface area contributed by atoms with Crippen LogP contribution in [0.15, 0.2) is 77.6 Å². The smallest absolute Gasteiger partial charge is 0.261 e. The number of rotatable bonds is 3. The molecule has 0 fully saturated rings. The van der Waals surface area contributed by atoms with Crippen LogP contribution >= 0.6 is 35.2 Å². The Labute approximate surface area is 187 Å². The van der Waals surface area contributed by atoms with E-state index in [4.69, 9.17) is 23.8 Å². The monoisotopic (exact) mass is 448 g/mol. The molecule has 0 bridgehead atoms. The summed E-state index contributed by atoms with van der Waals surface area (Å²) in [4.78, 5) is 14.5. The molecule has 0 unspecified atom stereocenters. The summed E-state index contributed by atoms with van der Waals surface area (Å²) < 4.78 is 4.58. The topological polar surface area (TPSA) is 26.4 Å². The summed E-state index contributed by atoms with van der Waals surface area (Å²) in [5.74, 6) is 0. The van der Waals surface area contributed by atoms with Gasteiger partial charge in [0, 0.05) is 5.02 Å². The second kappa shape index (κ2) is 7.51. The highest BCUT2D eigenvalue weighted by atomic mass is 35.5. The molecule has 0 amide bonds. The zero-order chi connectivity index (χ0) is 20.8. The molecule has 2 heterocycles. The number of hydrogen-bond acceptors (Lipinski definition) is 3. The van der Waals surface area contributed by atoms with E-state index >= 15 is 0 Å². The predicted octanol–water partition coefficient (Wildman–Crippen LogP) is 6.72. The van der Waals surface area contributed by atoms with Crippen molar-refractivity contribution in [1.82, 2.24) is 8.97 Å². The van der Waals surface area contributed by atoms with Crippen LogP contribution in [-0.4, -0.2) is 8.97 Å². The SMILES string of the molecule is Cc1cccc(Cn2c(=O)c3ccccc3n3c(=S)sc(-c4ccc(Cl)cc4)c23)c1. The zero-order valence-electron chi connectivity index (χ0n) is 16.1. The summed E-state index contributed by atoms with van der Waals surface area (Å²) in [5, 5.41) is 1.34. The minimum Gasteiger partial charge on any atom is -0.288 e. The van der Waals surface area contributed by atoms with Crippen LogP contribution in [0, 0.1) is 10.9 Å². The molecular weight excluding hydrogens is 432 g/mol. The maximum Gasteiger partial charge on any atom is 0.261 e. The molecule has 0 aliphatic rings. The van der Waals surface area contributed by atoms with E-state index in [1.165, 1.54) is 11.3 Å².